The van der Waals surface area contributed by atoms with Crippen LogP contribution in [0.4, 0.5) is 22.0 Å². The highest BCUT2D eigenvalue weighted by Gasteiger charge is 2.28. The first-order valence-corrected chi connectivity index (χ1v) is 8.45. The zero-order chi connectivity index (χ0) is 21.0. The van der Waals surface area contributed by atoms with Gasteiger partial charge in [0, 0.05) is 0 Å². The van der Waals surface area contributed by atoms with Crippen LogP contribution in [-0.2, 0) is 11.4 Å². The fourth-order valence-corrected chi connectivity index (χ4v) is 2.63. The van der Waals surface area contributed by atoms with Crippen LogP contribution in [0, 0.1) is 0 Å². The number of halogens is 5. The average Bonchev–Trinajstić information content (AvgIpc) is 3.06. The van der Waals surface area contributed by atoms with Gasteiger partial charge in [-0.2, -0.15) is 22.0 Å². The average molecular weight is 413 g/mol. The predicted molar refractivity (Wildman–Crippen MR) is 96.0 cm³/mol. The maximum Gasteiger partial charge on any atom is 0.422 e. The van der Waals surface area contributed by atoms with E-state index in [1.807, 2.05) is 0 Å². The maximum absolute atomic E-state index is 13.5. The van der Waals surface area contributed by atoms with Crippen molar-refractivity contribution in [2.45, 2.75) is 26.3 Å². The summed E-state index contributed by atoms with van der Waals surface area (Å²) in [5.41, 5.74) is 1.29. The molecule has 0 atom stereocenters. The van der Waals surface area contributed by atoms with Crippen molar-refractivity contribution in [2.75, 3.05) is 6.61 Å². The number of ether oxygens (including phenoxy) is 1. The molecule has 5 nitrogen and oxygen atoms in total. The van der Waals surface area contributed by atoms with Gasteiger partial charge in [-0.05, 0) is 36.8 Å². The molecular weight excluding hydrogens is 397 g/mol. The molecule has 154 valence electrons. The van der Waals surface area contributed by atoms with Crippen LogP contribution in [0.1, 0.15) is 24.9 Å². The van der Waals surface area contributed by atoms with Gasteiger partial charge >= 0.3 is 12.7 Å². The minimum absolute atomic E-state index is 0.0311. The van der Waals surface area contributed by atoms with Crippen molar-refractivity contribution < 1.29 is 31.5 Å². The van der Waals surface area contributed by atoms with Crippen molar-refractivity contribution in [3.63, 3.8) is 0 Å². The smallest absolute Gasteiger partial charge is 0.422 e. The van der Waals surface area contributed by atoms with Crippen molar-refractivity contribution >= 4 is 16.7 Å². The van der Waals surface area contributed by atoms with Crippen LogP contribution in [0.5, 0.6) is 5.75 Å². The highest BCUT2D eigenvalue weighted by molar-refractivity contribution is 5.98. The first-order chi connectivity index (χ1) is 13.7. The minimum atomic E-state index is -4.44. The zero-order valence-electron chi connectivity index (χ0n) is 15.2. The highest BCUT2D eigenvalue weighted by Crippen LogP contribution is 2.24. The Hall–Kier alpha value is -3.17. The predicted octanol–water partition coefficient (Wildman–Crippen LogP) is 5.31. The molecule has 0 N–H and O–H groups in total. The SMILES string of the molecule is C/C(=N/OCc1cccc(OCC(F)(F)F)c1)c1nc2ccccc2n1C(F)F. The second-order valence-corrected chi connectivity index (χ2v) is 6.07. The third kappa shape index (κ3) is 5.21. The van der Waals surface area contributed by atoms with Crippen molar-refractivity contribution in [1.29, 1.82) is 0 Å². The van der Waals surface area contributed by atoms with E-state index in [2.05, 4.69) is 14.9 Å². The summed E-state index contributed by atoms with van der Waals surface area (Å²) in [5, 5.41) is 3.82. The number of fused-ring (bicyclic) bond motifs is 1. The molecule has 0 saturated carbocycles. The number of imidazole rings is 1. The normalized spacial score (nSPS) is 12.6. The Kier molecular flexibility index (Phi) is 6.00. The summed E-state index contributed by atoms with van der Waals surface area (Å²) in [6.07, 6.45) is -4.44. The molecule has 3 aromatic rings. The van der Waals surface area contributed by atoms with Gasteiger partial charge in [0.25, 0.3) is 0 Å². The van der Waals surface area contributed by atoms with Crippen LogP contribution in [0.15, 0.2) is 53.7 Å². The van der Waals surface area contributed by atoms with E-state index in [1.165, 1.54) is 31.2 Å². The molecule has 0 bridgehead atoms. The van der Waals surface area contributed by atoms with Crippen LogP contribution in [-0.4, -0.2) is 28.0 Å². The summed E-state index contributed by atoms with van der Waals surface area (Å²) in [5.74, 6) is -0.00733. The van der Waals surface area contributed by atoms with E-state index in [1.54, 1.807) is 24.3 Å². The Labute approximate surface area is 162 Å². The molecule has 0 fully saturated rings. The molecule has 0 aliphatic carbocycles. The van der Waals surface area contributed by atoms with Crippen molar-refractivity contribution in [3.8, 4) is 5.75 Å². The lowest BCUT2D eigenvalue weighted by molar-refractivity contribution is -0.153. The first kappa shape index (κ1) is 20.6. The van der Waals surface area contributed by atoms with Crippen LogP contribution >= 0.6 is 0 Å². The lowest BCUT2D eigenvalue weighted by Crippen LogP contribution is -2.19. The number of nitrogens with zero attached hydrogens (tertiary/aromatic N) is 3. The molecule has 0 radical (unpaired) electrons. The summed E-state index contributed by atoms with van der Waals surface area (Å²) in [6.45, 7) is -2.83. The molecule has 1 aromatic heterocycles. The molecule has 0 unspecified atom stereocenters. The lowest BCUT2D eigenvalue weighted by Gasteiger charge is -2.10. The number of oxime groups is 1. The lowest BCUT2D eigenvalue weighted by atomic mass is 10.2. The second kappa shape index (κ2) is 8.46. The molecule has 0 saturated heterocycles. The van der Waals surface area contributed by atoms with Gasteiger partial charge in [-0.15, -0.1) is 0 Å². The number of aromatic nitrogens is 2. The van der Waals surface area contributed by atoms with Gasteiger partial charge in [-0.25, -0.2) is 4.98 Å². The number of para-hydroxylation sites is 2. The van der Waals surface area contributed by atoms with Gasteiger partial charge in [0.2, 0.25) is 0 Å². The van der Waals surface area contributed by atoms with Crippen LogP contribution in [0.3, 0.4) is 0 Å². The largest absolute Gasteiger partial charge is 0.484 e. The fraction of sp³-hybridized carbons (Fsp3) is 0.263. The highest BCUT2D eigenvalue weighted by atomic mass is 19.4. The van der Waals surface area contributed by atoms with E-state index in [-0.39, 0.29) is 29.4 Å². The summed E-state index contributed by atoms with van der Waals surface area (Å²) in [6, 6.07) is 12.3. The quantitative estimate of drug-likeness (QED) is 0.300. The molecule has 0 spiro atoms. The third-order valence-electron chi connectivity index (χ3n) is 3.85. The molecule has 0 amide bonds. The number of alkyl halides is 5. The molecule has 1 heterocycles. The Morgan fingerprint density at radius 2 is 1.90 bits per heavy atom. The molecule has 3 rings (SSSR count). The molecule has 0 aliphatic rings. The van der Waals surface area contributed by atoms with Gasteiger partial charge in [-0.1, -0.05) is 29.4 Å². The third-order valence-corrected chi connectivity index (χ3v) is 3.85. The van der Waals surface area contributed by atoms with Crippen molar-refractivity contribution in [1.82, 2.24) is 9.55 Å². The second-order valence-electron chi connectivity index (χ2n) is 6.07. The Balaban J connectivity index is 1.71. The molecular formula is C19H16F5N3O2. The Bertz CT molecular complexity index is 1010. The number of hydrogen-bond acceptors (Lipinski definition) is 4. The molecule has 10 heteroatoms. The zero-order valence-corrected chi connectivity index (χ0v) is 15.2. The van der Waals surface area contributed by atoms with Crippen LogP contribution in [0.2, 0.25) is 0 Å². The topological polar surface area (TPSA) is 48.6 Å². The standard InChI is InChI=1S/C19H16F5N3O2/c1-12(17-25-15-7-2-3-8-16(15)27(17)18(20)21)26-29-10-13-5-4-6-14(9-13)28-11-19(22,23)24/h2-9,18H,10-11H2,1H3/b26-12-. The van der Waals surface area contributed by atoms with E-state index in [0.29, 0.717) is 11.1 Å². The van der Waals surface area contributed by atoms with E-state index < -0.39 is 19.3 Å². The Morgan fingerprint density at radius 1 is 1.14 bits per heavy atom. The van der Waals surface area contributed by atoms with Gasteiger partial charge in [0.05, 0.1) is 11.0 Å². The summed E-state index contributed by atoms with van der Waals surface area (Å²) in [7, 11) is 0. The van der Waals surface area contributed by atoms with Crippen molar-refractivity contribution in [3.05, 3.63) is 59.9 Å². The fourth-order valence-electron chi connectivity index (χ4n) is 2.63. The number of benzene rings is 2. The minimum Gasteiger partial charge on any atom is -0.484 e. The van der Waals surface area contributed by atoms with E-state index in [4.69, 9.17) is 4.84 Å². The first-order valence-electron chi connectivity index (χ1n) is 8.45. The monoisotopic (exact) mass is 413 g/mol. The van der Waals surface area contributed by atoms with E-state index in [9.17, 15) is 22.0 Å². The summed E-state index contributed by atoms with van der Waals surface area (Å²) < 4.78 is 69.1. The number of hydrogen-bond donors (Lipinski definition) is 0. The van der Waals surface area contributed by atoms with Gasteiger partial charge in [0.15, 0.2) is 12.4 Å². The Morgan fingerprint density at radius 3 is 2.62 bits per heavy atom. The molecule has 29 heavy (non-hydrogen) atoms. The number of rotatable bonds is 7. The van der Waals surface area contributed by atoms with Gasteiger partial charge < -0.3 is 9.57 Å². The molecule has 0 aliphatic heterocycles. The van der Waals surface area contributed by atoms with Gasteiger partial charge in [0.1, 0.15) is 18.1 Å². The van der Waals surface area contributed by atoms with E-state index in [0.717, 1.165) is 4.57 Å². The summed E-state index contributed by atoms with van der Waals surface area (Å²) in [4.78, 5) is 9.35. The van der Waals surface area contributed by atoms with Crippen LogP contribution in [0.25, 0.3) is 11.0 Å². The maximum atomic E-state index is 13.5. The van der Waals surface area contributed by atoms with Crippen LogP contribution < -0.4 is 4.74 Å². The summed E-state index contributed by atoms with van der Waals surface area (Å²) >= 11 is 0. The molecule has 2 aromatic carbocycles. The van der Waals surface area contributed by atoms with Crippen molar-refractivity contribution in [2.24, 2.45) is 5.16 Å². The van der Waals surface area contributed by atoms with Gasteiger partial charge in [-0.3, -0.25) is 4.57 Å². The van der Waals surface area contributed by atoms with E-state index >= 15 is 0 Å².